The molecule has 0 saturated heterocycles. The average Bonchev–Trinajstić information content (AvgIpc) is 3.04. The number of hydrogen-bond donors (Lipinski definition) is 3. The fraction of sp³-hybridized carbons (Fsp3) is 0.375. The Morgan fingerprint density at radius 1 is 1.36 bits per heavy atom. The van der Waals surface area contributed by atoms with Crippen molar-refractivity contribution in [2.45, 2.75) is 25.5 Å². The first-order valence-corrected chi connectivity index (χ1v) is 9.54. The number of benzene rings is 1. The first-order valence-electron chi connectivity index (χ1n) is 7.89. The van der Waals surface area contributed by atoms with Crippen molar-refractivity contribution in [3.63, 3.8) is 0 Å². The van der Waals surface area contributed by atoms with Gasteiger partial charge in [-0.1, -0.05) is 31.1 Å². The van der Waals surface area contributed by atoms with Crippen LogP contribution in [0.3, 0.4) is 0 Å². The van der Waals surface area contributed by atoms with Crippen molar-refractivity contribution in [3.05, 3.63) is 47.9 Å². The van der Waals surface area contributed by atoms with Gasteiger partial charge in [0, 0.05) is 18.3 Å². The number of nitrogens with two attached hydrogens (primary N) is 1. The standard InChI is InChI=1S/C16H23N5O3S/c1-12(2)13-4-3-5-14(10-13)20-16(17)18-7-8-19-25(22,23)11-15-6-9-24-21-15/h3-6,9-10,12,19H,7-8,11H2,1-2H3,(H3,17,18,20). The molecule has 9 heteroatoms. The summed E-state index contributed by atoms with van der Waals surface area (Å²) in [5, 5.41) is 6.57. The third-order valence-electron chi connectivity index (χ3n) is 3.37. The van der Waals surface area contributed by atoms with Crippen LogP contribution in [0.1, 0.15) is 31.0 Å². The van der Waals surface area contributed by atoms with Gasteiger partial charge in [0.1, 0.15) is 12.0 Å². The van der Waals surface area contributed by atoms with E-state index in [0.717, 1.165) is 5.69 Å². The van der Waals surface area contributed by atoms with Crippen molar-refractivity contribution in [1.29, 1.82) is 0 Å². The number of aliphatic imine (C=N–C) groups is 1. The molecule has 0 aliphatic rings. The van der Waals surface area contributed by atoms with Crippen LogP contribution in [0.2, 0.25) is 0 Å². The summed E-state index contributed by atoms with van der Waals surface area (Å²) in [5.74, 6) is 0.416. The van der Waals surface area contributed by atoms with Crippen LogP contribution in [0, 0.1) is 0 Å². The average molecular weight is 365 g/mol. The zero-order chi connectivity index (χ0) is 18.3. The van der Waals surface area contributed by atoms with Crippen LogP contribution in [0.4, 0.5) is 5.69 Å². The van der Waals surface area contributed by atoms with Gasteiger partial charge in [-0.05, 0) is 23.6 Å². The minimum absolute atomic E-state index is 0.147. The summed E-state index contributed by atoms with van der Waals surface area (Å²) in [6.45, 7) is 4.60. The Hall–Kier alpha value is -2.39. The third kappa shape index (κ3) is 6.55. The van der Waals surface area contributed by atoms with Gasteiger partial charge in [0.05, 0.1) is 12.2 Å². The fourth-order valence-electron chi connectivity index (χ4n) is 2.10. The number of anilines is 1. The van der Waals surface area contributed by atoms with Crippen LogP contribution in [0.15, 0.2) is 46.1 Å². The molecule has 136 valence electrons. The van der Waals surface area contributed by atoms with Gasteiger partial charge in [0.15, 0.2) is 5.96 Å². The van der Waals surface area contributed by atoms with Crippen LogP contribution in [-0.2, 0) is 15.8 Å². The summed E-state index contributed by atoms with van der Waals surface area (Å²) in [4.78, 5) is 4.12. The maximum atomic E-state index is 11.8. The van der Waals surface area contributed by atoms with Gasteiger partial charge in [-0.3, -0.25) is 4.99 Å². The first kappa shape index (κ1) is 18.9. The zero-order valence-corrected chi connectivity index (χ0v) is 15.1. The summed E-state index contributed by atoms with van der Waals surface area (Å²) in [6, 6.07) is 9.41. The number of rotatable bonds is 8. The highest BCUT2D eigenvalue weighted by Gasteiger charge is 2.12. The molecular weight excluding hydrogens is 342 g/mol. The van der Waals surface area contributed by atoms with Gasteiger partial charge in [-0.25, -0.2) is 13.1 Å². The molecule has 0 aliphatic heterocycles. The Morgan fingerprint density at radius 2 is 2.16 bits per heavy atom. The number of aromatic nitrogens is 1. The SMILES string of the molecule is CC(C)c1cccc(NC(N)=NCCNS(=O)(=O)Cc2ccon2)c1. The summed E-state index contributed by atoms with van der Waals surface area (Å²) < 4.78 is 30.7. The Labute approximate surface area is 147 Å². The first-order chi connectivity index (χ1) is 11.9. The van der Waals surface area contributed by atoms with E-state index in [2.05, 4.69) is 38.6 Å². The van der Waals surface area contributed by atoms with Crippen molar-refractivity contribution in [1.82, 2.24) is 9.88 Å². The molecule has 1 aromatic carbocycles. The van der Waals surface area contributed by atoms with Crippen molar-refractivity contribution in [3.8, 4) is 0 Å². The second-order valence-corrected chi connectivity index (χ2v) is 7.62. The van der Waals surface area contributed by atoms with Crippen LogP contribution in [0.5, 0.6) is 0 Å². The number of sulfonamides is 1. The molecular formula is C16H23N5O3S. The summed E-state index contributed by atoms with van der Waals surface area (Å²) in [5.41, 5.74) is 8.22. The van der Waals surface area contributed by atoms with Crippen LogP contribution >= 0.6 is 0 Å². The van der Waals surface area contributed by atoms with Crippen molar-refractivity contribution < 1.29 is 12.9 Å². The quantitative estimate of drug-likeness (QED) is 0.371. The molecule has 0 atom stereocenters. The predicted molar refractivity (Wildman–Crippen MR) is 97.8 cm³/mol. The van der Waals surface area contributed by atoms with E-state index in [0.29, 0.717) is 11.6 Å². The maximum Gasteiger partial charge on any atom is 0.217 e. The lowest BCUT2D eigenvalue weighted by Gasteiger charge is -2.10. The molecule has 2 aromatic rings. The van der Waals surface area contributed by atoms with E-state index in [4.69, 9.17) is 5.73 Å². The Morgan fingerprint density at radius 3 is 2.84 bits per heavy atom. The van der Waals surface area contributed by atoms with Crippen molar-refractivity contribution >= 4 is 21.7 Å². The van der Waals surface area contributed by atoms with Crippen molar-refractivity contribution in [2.75, 3.05) is 18.4 Å². The summed E-state index contributed by atoms with van der Waals surface area (Å²) >= 11 is 0. The maximum absolute atomic E-state index is 11.8. The highest BCUT2D eigenvalue weighted by molar-refractivity contribution is 7.88. The molecule has 0 spiro atoms. The molecule has 0 fully saturated rings. The van der Waals surface area contributed by atoms with Gasteiger partial charge in [0.25, 0.3) is 0 Å². The minimum Gasteiger partial charge on any atom is -0.370 e. The molecule has 1 heterocycles. The lowest BCUT2D eigenvalue weighted by Crippen LogP contribution is -2.29. The molecule has 0 unspecified atom stereocenters. The number of guanidine groups is 1. The molecule has 2 rings (SSSR count). The Kier molecular flexibility index (Phi) is 6.54. The molecule has 0 saturated carbocycles. The Bertz CT molecular complexity index is 801. The summed E-state index contributed by atoms with van der Waals surface area (Å²) in [7, 11) is -3.48. The van der Waals surface area contributed by atoms with Gasteiger partial charge in [0.2, 0.25) is 10.0 Å². The number of hydrogen-bond acceptors (Lipinski definition) is 5. The van der Waals surface area contributed by atoms with E-state index in [9.17, 15) is 8.42 Å². The highest BCUT2D eigenvalue weighted by atomic mass is 32.2. The van der Waals surface area contributed by atoms with E-state index in [-0.39, 0.29) is 24.8 Å². The van der Waals surface area contributed by atoms with Crippen LogP contribution in [0.25, 0.3) is 0 Å². The van der Waals surface area contributed by atoms with Crippen molar-refractivity contribution in [2.24, 2.45) is 10.7 Å². The predicted octanol–water partition coefficient (Wildman–Crippen LogP) is 1.64. The molecule has 0 aliphatic carbocycles. The second-order valence-electron chi connectivity index (χ2n) is 5.82. The molecule has 0 amide bonds. The topological polar surface area (TPSA) is 123 Å². The third-order valence-corrected chi connectivity index (χ3v) is 4.69. The van der Waals surface area contributed by atoms with Gasteiger partial charge >= 0.3 is 0 Å². The molecule has 0 bridgehead atoms. The van der Waals surface area contributed by atoms with Gasteiger partial charge in [-0.15, -0.1) is 0 Å². The smallest absolute Gasteiger partial charge is 0.217 e. The lowest BCUT2D eigenvalue weighted by atomic mass is 10.0. The molecule has 8 nitrogen and oxygen atoms in total. The molecule has 0 radical (unpaired) electrons. The molecule has 4 N–H and O–H groups in total. The zero-order valence-electron chi connectivity index (χ0n) is 14.3. The van der Waals surface area contributed by atoms with E-state index >= 15 is 0 Å². The van der Waals surface area contributed by atoms with E-state index in [1.807, 2.05) is 24.3 Å². The number of nitrogens with zero attached hydrogens (tertiary/aromatic N) is 2. The van der Waals surface area contributed by atoms with Gasteiger partial charge < -0.3 is 15.6 Å². The fourth-order valence-corrected chi connectivity index (χ4v) is 3.14. The van der Waals surface area contributed by atoms with E-state index in [1.165, 1.54) is 17.9 Å². The molecule has 1 aromatic heterocycles. The van der Waals surface area contributed by atoms with Gasteiger partial charge in [-0.2, -0.15) is 0 Å². The second kappa shape index (κ2) is 8.63. The Balaban J connectivity index is 1.80. The number of nitrogens with one attached hydrogen (secondary N) is 2. The highest BCUT2D eigenvalue weighted by Crippen LogP contribution is 2.18. The summed E-state index contributed by atoms with van der Waals surface area (Å²) in [6.07, 6.45) is 1.33. The van der Waals surface area contributed by atoms with Crippen LogP contribution in [-0.4, -0.2) is 32.6 Å². The van der Waals surface area contributed by atoms with E-state index < -0.39 is 10.0 Å². The normalized spacial score (nSPS) is 12.5. The van der Waals surface area contributed by atoms with Crippen LogP contribution < -0.4 is 15.8 Å². The minimum atomic E-state index is -3.48. The largest absolute Gasteiger partial charge is 0.370 e. The molecule has 25 heavy (non-hydrogen) atoms. The van der Waals surface area contributed by atoms with E-state index in [1.54, 1.807) is 0 Å². The lowest BCUT2D eigenvalue weighted by molar-refractivity contribution is 0.413. The monoisotopic (exact) mass is 365 g/mol.